The van der Waals surface area contributed by atoms with Crippen molar-refractivity contribution in [2.24, 2.45) is 0 Å². The van der Waals surface area contributed by atoms with E-state index in [2.05, 4.69) is 10.3 Å². The maximum atomic E-state index is 12.7. The number of rotatable bonds is 6. The smallest absolute Gasteiger partial charge is 0.336 e. The van der Waals surface area contributed by atoms with Gasteiger partial charge in [0.2, 0.25) is 0 Å². The minimum atomic E-state index is -4.19. The Bertz CT molecular complexity index is 452. The van der Waals surface area contributed by atoms with Crippen molar-refractivity contribution in [2.75, 3.05) is 18.5 Å². The summed E-state index contributed by atoms with van der Waals surface area (Å²) in [6.07, 6.45) is -2.53. The molecular formula is C13H20F3N3S. The second-order valence-electron chi connectivity index (χ2n) is 5.46. The summed E-state index contributed by atoms with van der Waals surface area (Å²) >= 11 is 1.38. The lowest BCUT2D eigenvalue weighted by atomic mass is 10.1. The van der Waals surface area contributed by atoms with Gasteiger partial charge in [-0.1, -0.05) is 13.8 Å². The molecule has 20 heavy (non-hydrogen) atoms. The molecule has 0 bridgehead atoms. The summed E-state index contributed by atoms with van der Waals surface area (Å²) in [6, 6.07) is 0.00484. The molecule has 0 saturated heterocycles. The molecule has 0 atom stereocenters. The minimum absolute atomic E-state index is 0.00484. The number of anilines is 1. The maximum absolute atomic E-state index is 12.7. The highest BCUT2D eigenvalue weighted by molar-refractivity contribution is 7.15. The van der Waals surface area contributed by atoms with Crippen LogP contribution in [0.1, 0.15) is 43.2 Å². The van der Waals surface area contributed by atoms with E-state index in [0.717, 1.165) is 23.4 Å². The zero-order valence-electron chi connectivity index (χ0n) is 11.9. The summed E-state index contributed by atoms with van der Waals surface area (Å²) in [4.78, 5) is 6.94. The summed E-state index contributed by atoms with van der Waals surface area (Å²) in [5, 5.41) is 3.57. The number of hydrogen-bond acceptors (Lipinski definition) is 4. The number of thiazole rings is 1. The van der Waals surface area contributed by atoms with Crippen molar-refractivity contribution < 1.29 is 13.2 Å². The van der Waals surface area contributed by atoms with Gasteiger partial charge >= 0.3 is 6.18 Å². The molecule has 1 aromatic heterocycles. The molecule has 0 amide bonds. The van der Waals surface area contributed by atoms with Crippen LogP contribution in [0, 0.1) is 0 Å². The van der Waals surface area contributed by atoms with E-state index in [9.17, 15) is 13.2 Å². The van der Waals surface area contributed by atoms with E-state index in [-0.39, 0.29) is 12.0 Å². The molecule has 1 heterocycles. The first kappa shape index (κ1) is 15.6. The van der Waals surface area contributed by atoms with Crippen molar-refractivity contribution in [1.82, 2.24) is 10.3 Å². The minimum Gasteiger partial charge on any atom is -0.336 e. The molecule has 1 aliphatic carbocycles. The van der Waals surface area contributed by atoms with E-state index in [1.54, 1.807) is 0 Å². The molecule has 1 fully saturated rings. The van der Waals surface area contributed by atoms with Gasteiger partial charge < -0.3 is 10.2 Å². The Morgan fingerprint density at radius 1 is 1.40 bits per heavy atom. The van der Waals surface area contributed by atoms with E-state index >= 15 is 0 Å². The topological polar surface area (TPSA) is 28.2 Å². The Labute approximate surface area is 121 Å². The van der Waals surface area contributed by atoms with E-state index in [1.165, 1.54) is 16.2 Å². The zero-order chi connectivity index (χ0) is 14.9. The third-order valence-corrected chi connectivity index (χ3v) is 4.29. The van der Waals surface area contributed by atoms with Crippen LogP contribution >= 0.6 is 11.3 Å². The molecule has 2 rings (SSSR count). The molecular weight excluding hydrogens is 287 g/mol. The highest BCUT2D eigenvalue weighted by atomic mass is 32.1. The fourth-order valence-electron chi connectivity index (χ4n) is 2.14. The molecule has 1 aromatic rings. The number of halogens is 3. The summed E-state index contributed by atoms with van der Waals surface area (Å²) in [6.45, 7) is 3.78. The zero-order valence-corrected chi connectivity index (χ0v) is 12.7. The van der Waals surface area contributed by atoms with Gasteiger partial charge in [-0.05, 0) is 25.8 Å². The maximum Gasteiger partial charge on any atom is 0.406 e. The van der Waals surface area contributed by atoms with Crippen molar-refractivity contribution in [3.8, 4) is 0 Å². The first-order valence-corrected chi connectivity index (χ1v) is 7.61. The second kappa shape index (κ2) is 5.89. The number of hydrogen-bond donors (Lipinski definition) is 1. The average Bonchev–Trinajstić information content (AvgIpc) is 3.06. The van der Waals surface area contributed by atoms with Crippen molar-refractivity contribution in [3.63, 3.8) is 0 Å². The fourth-order valence-corrected chi connectivity index (χ4v) is 3.44. The molecule has 7 heteroatoms. The Morgan fingerprint density at radius 3 is 2.50 bits per heavy atom. The van der Waals surface area contributed by atoms with Crippen molar-refractivity contribution in [3.05, 3.63) is 10.6 Å². The molecule has 0 unspecified atom stereocenters. The predicted molar refractivity (Wildman–Crippen MR) is 75.4 cm³/mol. The van der Waals surface area contributed by atoms with Gasteiger partial charge in [-0.25, -0.2) is 4.98 Å². The summed E-state index contributed by atoms with van der Waals surface area (Å²) < 4.78 is 38.1. The number of alkyl halides is 3. The van der Waals surface area contributed by atoms with Gasteiger partial charge in [-0.2, -0.15) is 13.2 Å². The van der Waals surface area contributed by atoms with E-state index in [0.29, 0.717) is 11.7 Å². The third-order valence-electron chi connectivity index (χ3n) is 3.18. The molecule has 3 nitrogen and oxygen atoms in total. The van der Waals surface area contributed by atoms with Gasteiger partial charge in [0.25, 0.3) is 0 Å². The number of nitrogens with one attached hydrogen (secondary N) is 1. The van der Waals surface area contributed by atoms with Crippen LogP contribution < -0.4 is 10.2 Å². The van der Waals surface area contributed by atoms with Gasteiger partial charge in [0.15, 0.2) is 5.13 Å². The van der Waals surface area contributed by atoms with Gasteiger partial charge in [0, 0.05) is 17.5 Å². The van der Waals surface area contributed by atoms with Gasteiger partial charge in [0.1, 0.15) is 6.54 Å². The largest absolute Gasteiger partial charge is 0.406 e. The monoisotopic (exact) mass is 307 g/mol. The van der Waals surface area contributed by atoms with Crippen LogP contribution in [0.2, 0.25) is 0 Å². The molecule has 1 aliphatic rings. The molecule has 1 saturated carbocycles. The first-order valence-electron chi connectivity index (χ1n) is 6.79. The van der Waals surface area contributed by atoms with Crippen LogP contribution in [-0.4, -0.2) is 30.8 Å². The van der Waals surface area contributed by atoms with Crippen molar-refractivity contribution in [1.29, 1.82) is 0 Å². The summed E-state index contributed by atoms with van der Waals surface area (Å²) in [7, 11) is 1.83. The lowest BCUT2D eigenvalue weighted by Crippen LogP contribution is -2.35. The van der Waals surface area contributed by atoms with Crippen LogP contribution in [-0.2, 0) is 6.54 Å². The van der Waals surface area contributed by atoms with Crippen molar-refractivity contribution in [2.45, 2.75) is 51.4 Å². The highest BCUT2D eigenvalue weighted by Gasteiger charge is 2.39. The van der Waals surface area contributed by atoms with Crippen molar-refractivity contribution >= 4 is 16.5 Å². The number of aromatic nitrogens is 1. The van der Waals surface area contributed by atoms with E-state index in [4.69, 9.17) is 0 Å². The van der Waals surface area contributed by atoms with Gasteiger partial charge in [-0.3, -0.25) is 0 Å². The van der Waals surface area contributed by atoms with Crippen LogP contribution in [0.15, 0.2) is 0 Å². The Balaban J connectivity index is 2.26. The standard InChI is InChI=1S/C13H20F3N3S/c1-8(2)11-10(6-17-3)20-12(18-11)19(9-4-5-9)7-13(14,15)16/h8-9,17H,4-7H2,1-3H3. The van der Waals surface area contributed by atoms with Gasteiger partial charge in [-0.15, -0.1) is 11.3 Å². The van der Waals surface area contributed by atoms with E-state index < -0.39 is 12.7 Å². The summed E-state index contributed by atoms with van der Waals surface area (Å²) in [5.41, 5.74) is 0.909. The third kappa shape index (κ3) is 3.85. The lowest BCUT2D eigenvalue weighted by Gasteiger charge is -2.22. The van der Waals surface area contributed by atoms with Crippen LogP contribution in [0.3, 0.4) is 0 Å². The molecule has 0 aromatic carbocycles. The quantitative estimate of drug-likeness (QED) is 0.871. The second-order valence-corrected chi connectivity index (χ2v) is 6.53. The molecule has 114 valence electrons. The Hall–Kier alpha value is -0.820. The molecule has 0 aliphatic heterocycles. The van der Waals surface area contributed by atoms with Gasteiger partial charge in [0.05, 0.1) is 5.69 Å². The summed E-state index contributed by atoms with van der Waals surface area (Å²) in [5.74, 6) is 0.218. The van der Waals surface area contributed by atoms with E-state index in [1.807, 2.05) is 20.9 Å². The SMILES string of the molecule is CNCc1sc(N(CC(F)(F)F)C2CC2)nc1C(C)C. The fraction of sp³-hybridized carbons (Fsp3) is 0.769. The predicted octanol–water partition coefficient (Wildman–Crippen LogP) is 3.52. The number of nitrogens with zero attached hydrogens (tertiary/aromatic N) is 2. The van der Waals surface area contributed by atoms with Crippen LogP contribution in [0.25, 0.3) is 0 Å². The van der Waals surface area contributed by atoms with Crippen LogP contribution in [0.5, 0.6) is 0 Å². The lowest BCUT2D eigenvalue weighted by molar-refractivity contribution is -0.120. The highest BCUT2D eigenvalue weighted by Crippen LogP contribution is 2.38. The Kier molecular flexibility index (Phi) is 4.59. The average molecular weight is 307 g/mol. The molecule has 0 spiro atoms. The Morgan fingerprint density at radius 2 is 2.05 bits per heavy atom. The molecule has 1 N–H and O–H groups in total. The first-order chi connectivity index (χ1) is 9.31. The van der Waals surface area contributed by atoms with Crippen LogP contribution in [0.4, 0.5) is 18.3 Å². The molecule has 0 radical (unpaired) electrons. The normalized spacial score (nSPS) is 15.9.